The molecule has 0 fully saturated rings. The fourth-order valence-electron chi connectivity index (χ4n) is 3.10. The number of hydrogen-bond acceptors (Lipinski definition) is 6. The molecule has 0 atom stereocenters. The minimum Gasteiger partial charge on any atom is -0.494 e. The van der Waals surface area contributed by atoms with Gasteiger partial charge in [0.2, 0.25) is 20.0 Å². The Kier molecular flexibility index (Phi) is 14.9. The van der Waals surface area contributed by atoms with Gasteiger partial charge in [-0.25, -0.2) is 26.3 Å². The molecular formula is C27H43BrN2O6S2. The lowest BCUT2D eigenvalue weighted by Gasteiger charge is -2.12. The summed E-state index contributed by atoms with van der Waals surface area (Å²) in [4.78, 5) is 0.493. The molecule has 0 spiro atoms. The lowest BCUT2D eigenvalue weighted by molar-refractivity contribution is 0.288. The molecule has 2 aromatic rings. The van der Waals surface area contributed by atoms with Crippen LogP contribution in [0.5, 0.6) is 11.5 Å². The molecule has 2 rings (SSSR count). The molecule has 0 unspecified atom stereocenters. The molecule has 8 nitrogen and oxygen atoms in total. The van der Waals surface area contributed by atoms with Crippen molar-refractivity contribution in [3.05, 3.63) is 46.4 Å². The van der Waals surface area contributed by atoms with Gasteiger partial charge in [0.15, 0.2) is 0 Å². The van der Waals surface area contributed by atoms with E-state index in [1.54, 1.807) is 57.2 Å². The van der Waals surface area contributed by atoms with E-state index in [0.29, 0.717) is 54.1 Å². The van der Waals surface area contributed by atoms with Gasteiger partial charge in [0.1, 0.15) is 11.5 Å². The van der Waals surface area contributed by atoms with Crippen LogP contribution in [0.1, 0.15) is 59.9 Å². The van der Waals surface area contributed by atoms with Crippen molar-refractivity contribution in [1.82, 2.24) is 9.44 Å². The van der Waals surface area contributed by atoms with Crippen molar-refractivity contribution in [3.8, 4) is 11.5 Å². The fourth-order valence-corrected chi connectivity index (χ4v) is 6.42. The second kappa shape index (κ2) is 16.4. The minimum absolute atomic E-state index is 0.205. The first-order chi connectivity index (χ1) is 17.7. The Morgan fingerprint density at radius 3 is 1.61 bits per heavy atom. The van der Waals surface area contributed by atoms with E-state index < -0.39 is 20.0 Å². The summed E-state index contributed by atoms with van der Waals surface area (Å²) < 4.78 is 64.7. The molecule has 11 heteroatoms. The Balaban J connectivity index is 0.000000380. The summed E-state index contributed by atoms with van der Waals surface area (Å²) in [5.74, 6) is 2.29. The molecule has 38 heavy (non-hydrogen) atoms. The van der Waals surface area contributed by atoms with Crippen LogP contribution in [0.15, 0.2) is 50.7 Å². The molecule has 216 valence electrons. The molecule has 0 radical (unpaired) electrons. The Morgan fingerprint density at radius 1 is 0.737 bits per heavy atom. The van der Waals surface area contributed by atoms with E-state index in [1.165, 1.54) is 0 Å². The molecule has 2 aromatic carbocycles. The third-order valence-corrected chi connectivity index (χ3v) is 9.46. The molecule has 0 bridgehead atoms. The highest BCUT2D eigenvalue weighted by molar-refractivity contribution is 9.10. The van der Waals surface area contributed by atoms with Gasteiger partial charge in [0, 0.05) is 29.7 Å². The highest BCUT2D eigenvalue weighted by Gasteiger charge is 2.18. The number of benzene rings is 2. The third-order valence-electron chi connectivity index (χ3n) is 5.24. The number of ether oxygens (including phenoxy) is 2. The van der Waals surface area contributed by atoms with Crippen LogP contribution in [0.25, 0.3) is 0 Å². The lowest BCUT2D eigenvalue weighted by Crippen LogP contribution is -2.24. The van der Waals surface area contributed by atoms with Gasteiger partial charge < -0.3 is 9.47 Å². The second-order valence-corrected chi connectivity index (χ2v) is 13.9. The van der Waals surface area contributed by atoms with Gasteiger partial charge in [-0.2, -0.15) is 0 Å². The first kappa shape index (κ1) is 34.4. The molecular weight excluding hydrogens is 592 g/mol. The first-order valence-electron chi connectivity index (χ1n) is 12.9. The number of sulfonamides is 2. The monoisotopic (exact) mass is 634 g/mol. The summed E-state index contributed by atoms with van der Waals surface area (Å²) >= 11 is 3.25. The van der Waals surface area contributed by atoms with Crippen molar-refractivity contribution in [3.63, 3.8) is 0 Å². The van der Waals surface area contributed by atoms with Crippen LogP contribution in [-0.4, -0.2) is 43.1 Å². The van der Waals surface area contributed by atoms with Crippen molar-refractivity contribution in [2.45, 2.75) is 71.1 Å². The predicted octanol–water partition coefficient (Wildman–Crippen LogP) is 5.89. The average Bonchev–Trinajstić information content (AvgIpc) is 2.81. The number of nitrogens with one attached hydrogen (secondary N) is 2. The van der Waals surface area contributed by atoms with Crippen molar-refractivity contribution in [2.24, 2.45) is 11.8 Å². The van der Waals surface area contributed by atoms with Gasteiger partial charge in [-0.05, 0) is 71.3 Å². The van der Waals surface area contributed by atoms with E-state index >= 15 is 0 Å². The minimum atomic E-state index is -3.48. The fraction of sp³-hybridized carbons (Fsp3) is 0.556. The van der Waals surface area contributed by atoms with E-state index in [9.17, 15) is 16.8 Å². The number of halogens is 1. The average molecular weight is 636 g/mol. The van der Waals surface area contributed by atoms with Gasteiger partial charge >= 0.3 is 0 Å². The largest absolute Gasteiger partial charge is 0.494 e. The van der Waals surface area contributed by atoms with Crippen LogP contribution in [0.2, 0.25) is 0 Å². The van der Waals surface area contributed by atoms with Gasteiger partial charge in [0.05, 0.1) is 23.0 Å². The molecule has 2 N–H and O–H groups in total. The molecule has 0 heterocycles. The van der Waals surface area contributed by atoms with Gasteiger partial charge in [-0.15, -0.1) is 0 Å². The normalized spacial score (nSPS) is 11.8. The number of aryl methyl sites for hydroxylation is 1. The quantitative estimate of drug-likeness (QED) is 0.268. The molecule has 0 aliphatic rings. The first-order valence-corrected chi connectivity index (χ1v) is 16.6. The Bertz CT molecular complexity index is 1120. The van der Waals surface area contributed by atoms with Crippen molar-refractivity contribution in [2.75, 3.05) is 26.3 Å². The molecule has 0 saturated heterocycles. The molecule has 0 amide bonds. The summed E-state index contributed by atoms with van der Waals surface area (Å²) in [6.07, 6.45) is 1.88. The summed E-state index contributed by atoms with van der Waals surface area (Å²) in [6, 6.07) is 10.2. The van der Waals surface area contributed by atoms with Crippen molar-refractivity contribution in [1.29, 1.82) is 0 Å². The van der Waals surface area contributed by atoms with Crippen LogP contribution in [0.4, 0.5) is 0 Å². The second-order valence-electron chi connectivity index (χ2n) is 9.58. The topological polar surface area (TPSA) is 111 Å². The van der Waals surface area contributed by atoms with E-state index in [2.05, 4.69) is 53.1 Å². The lowest BCUT2D eigenvalue weighted by atomic mass is 10.1. The maximum Gasteiger partial charge on any atom is 0.241 e. The number of hydrogen-bond donors (Lipinski definition) is 2. The zero-order valence-corrected chi connectivity index (χ0v) is 26.7. The highest BCUT2D eigenvalue weighted by Crippen LogP contribution is 2.27. The van der Waals surface area contributed by atoms with Crippen LogP contribution in [0, 0.1) is 18.8 Å². The third kappa shape index (κ3) is 12.0. The SMILES string of the molecule is CCNS(=O)(=O)c1cc(OCCC(C)C)ccc1Br.CCNS(=O)(=O)c1cc(OCCC(C)C)ccc1C. The summed E-state index contributed by atoms with van der Waals surface area (Å²) in [5.41, 5.74) is 0.720. The van der Waals surface area contributed by atoms with Gasteiger partial charge in [-0.1, -0.05) is 47.6 Å². The zero-order valence-electron chi connectivity index (χ0n) is 23.5. The summed E-state index contributed by atoms with van der Waals surface area (Å²) in [7, 11) is -6.92. The smallest absolute Gasteiger partial charge is 0.241 e. The summed E-state index contributed by atoms with van der Waals surface area (Å²) in [6.45, 7) is 15.7. The molecule has 0 aliphatic carbocycles. The summed E-state index contributed by atoms with van der Waals surface area (Å²) in [5, 5.41) is 0. The van der Waals surface area contributed by atoms with E-state index in [0.717, 1.165) is 18.4 Å². The molecule has 0 aromatic heterocycles. The molecule has 0 aliphatic heterocycles. The van der Waals surface area contributed by atoms with Gasteiger partial charge in [-0.3, -0.25) is 0 Å². The van der Waals surface area contributed by atoms with Crippen LogP contribution < -0.4 is 18.9 Å². The number of rotatable bonds is 14. The zero-order chi connectivity index (χ0) is 28.9. The molecule has 0 saturated carbocycles. The van der Waals surface area contributed by atoms with E-state index in [4.69, 9.17) is 9.47 Å². The van der Waals surface area contributed by atoms with Crippen molar-refractivity contribution >= 4 is 36.0 Å². The standard InChI is InChI=1S/C14H23NO3S.C13H20BrNO3S/c1-5-15-19(16,17)14-10-13(7-6-12(14)4)18-9-8-11(2)3;1-4-15-19(16,17)13-9-11(5-6-12(13)14)18-8-7-10(2)3/h6-7,10-11,15H,5,8-9H2,1-4H3;5-6,9-10,15H,4,7-8H2,1-3H3. The predicted molar refractivity (Wildman–Crippen MR) is 157 cm³/mol. The van der Waals surface area contributed by atoms with Crippen LogP contribution >= 0.6 is 15.9 Å². The Hall–Kier alpha value is -1.66. The van der Waals surface area contributed by atoms with Gasteiger partial charge in [0.25, 0.3) is 0 Å². The Morgan fingerprint density at radius 2 is 1.16 bits per heavy atom. The van der Waals surface area contributed by atoms with Crippen molar-refractivity contribution < 1.29 is 26.3 Å². The van der Waals surface area contributed by atoms with E-state index in [-0.39, 0.29) is 9.79 Å². The maximum absolute atomic E-state index is 12.0. The maximum atomic E-state index is 12.0. The van der Waals surface area contributed by atoms with Crippen LogP contribution in [-0.2, 0) is 20.0 Å². The highest BCUT2D eigenvalue weighted by atomic mass is 79.9. The Labute approximate surface area is 238 Å². The van der Waals surface area contributed by atoms with E-state index in [1.807, 2.05) is 0 Å². The van der Waals surface area contributed by atoms with Crippen LogP contribution in [0.3, 0.4) is 0 Å².